The molecule has 0 unspecified atom stereocenters. The van der Waals surface area contributed by atoms with E-state index in [0.717, 1.165) is 5.56 Å². The van der Waals surface area contributed by atoms with Crippen LogP contribution in [0.2, 0.25) is 5.28 Å². The molecular weight excluding hydrogens is 280 g/mol. The lowest BCUT2D eigenvalue weighted by Crippen LogP contribution is -2.05. The van der Waals surface area contributed by atoms with Crippen LogP contribution in [0.15, 0.2) is 24.4 Å². The van der Waals surface area contributed by atoms with Gasteiger partial charge in [0.15, 0.2) is 0 Å². The molecule has 0 aliphatic rings. The maximum atomic E-state index is 11.8. The third-order valence-corrected chi connectivity index (χ3v) is 3.00. The number of rotatable bonds is 3. The van der Waals surface area contributed by atoms with Gasteiger partial charge < -0.3 is 9.47 Å². The Balaban J connectivity index is 2.68. The van der Waals surface area contributed by atoms with E-state index in [4.69, 9.17) is 21.1 Å². The molecule has 0 spiro atoms. The molecule has 0 fully saturated rings. The van der Waals surface area contributed by atoms with Gasteiger partial charge in [-0.05, 0) is 36.2 Å². The molecule has 1 aromatic carbocycles. The number of aromatic nitrogens is 2. The fourth-order valence-electron chi connectivity index (χ4n) is 1.91. The predicted octanol–water partition coefficient (Wildman–Crippen LogP) is 2.90. The normalized spacial score (nSPS) is 10.2. The van der Waals surface area contributed by atoms with Crippen LogP contribution in [0.4, 0.5) is 0 Å². The highest BCUT2D eigenvalue weighted by atomic mass is 35.5. The number of hydrogen-bond donors (Lipinski definition) is 0. The molecule has 0 aliphatic heterocycles. The third-order valence-electron chi connectivity index (χ3n) is 2.82. The molecule has 104 valence electrons. The molecule has 0 N–H and O–H groups in total. The van der Waals surface area contributed by atoms with E-state index in [0.29, 0.717) is 22.6 Å². The molecule has 0 aliphatic carbocycles. The Hall–Kier alpha value is -2.14. The van der Waals surface area contributed by atoms with Crippen molar-refractivity contribution in [1.29, 1.82) is 0 Å². The Morgan fingerprint density at radius 2 is 2.05 bits per heavy atom. The maximum Gasteiger partial charge on any atom is 0.341 e. The zero-order valence-electron chi connectivity index (χ0n) is 11.3. The van der Waals surface area contributed by atoms with Crippen LogP contribution in [0.25, 0.3) is 11.3 Å². The molecule has 5 nitrogen and oxygen atoms in total. The van der Waals surface area contributed by atoms with Gasteiger partial charge in [-0.25, -0.2) is 14.8 Å². The van der Waals surface area contributed by atoms with Gasteiger partial charge in [-0.15, -0.1) is 0 Å². The van der Waals surface area contributed by atoms with E-state index in [1.54, 1.807) is 24.4 Å². The van der Waals surface area contributed by atoms with Crippen LogP contribution >= 0.6 is 11.6 Å². The Morgan fingerprint density at radius 3 is 2.70 bits per heavy atom. The first-order valence-electron chi connectivity index (χ1n) is 5.83. The minimum atomic E-state index is -0.471. The fourth-order valence-corrected chi connectivity index (χ4v) is 2.04. The van der Waals surface area contributed by atoms with Gasteiger partial charge in [0.25, 0.3) is 0 Å². The number of ether oxygens (including phenoxy) is 2. The van der Waals surface area contributed by atoms with Crippen molar-refractivity contribution in [2.24, 2.45) is 0 Å². The van der Waals surface area contributed by atoms with E-state index in [1.807, 2.05) is 6.92 Å². The van der Waals surface area contributed by atoms with Crippen LogP contribution in [0.3, 0.4) is 0 Å². The monoisotopic (exact) mass is 292 g/mol. The standard InChI is InChI=1S/C14H13ClN2O3/c1-8-7-16-14(15)17-11(8)9-5-4-6-10(12(9)19-2)13(18)20-3/h4-7H,1-3H3. The second-order valence-electron chi connectivity index (χ2n) is 4.05. The van der Waals surface area contributed by atoms with E-state index < -0.39 is 5.97 Å². The van der Waals surface area contributed by atoms with Crippen LogP contribution in [0, 0.1) is 6.92 Å². The van der Waals surface area contributed by atoms with E-state index in [-0.39, 0.29) is 5.28 Å². The summed E-state index contributed by atoms with van der Waals surface area (Å²) >= 11 is 5.84. The summed E-state index contributed by atoms with van der Waals surface area (Å²) in [7, 11) is 2.81. The Kier molecular flexibility index (Phi) is 4.20. The van der Waals surface area contributed by atoms with Gasteiger partial charge in [-0.2, -0.15) is 0 Å². The van der Waals surface area contributed by atoms with E-state index in [2.05, 4.69) is 9.97 Å². The van der Waals surface area contributed by atoms with Crippen molar-refractivity contribution in [2.45, 2.75) is 6.92 Å². The van der Waals surface area contributed by atoms with Gasteiger partial charge in [-0.3, -0.25) is 0 Å². The molecule has 1 heterocycles. The molecular formula is C14H13ClN2O3. The summed E-state index contributed by atoms with van der Waals surface area (Å²) < 4.78 is 10.1. The number of hydrogen-bond acceptors (Lipinski definition) is 5. The first-order valence-corrected chi connectivity index (χ1v) is 6.21. The number of aryl methyl sites for hydroxylation is 1. The second-order valence-corrected chi connectivity index (χ2v) is 4.39. The Labute approximate surface area is 121 Å². The number of benzene rings is 1. The number of carbonyl (C=O) groups excluding carboxylic acids is 1. The molecule has 0 amide bonds. The Bertz CT molecular complexity index is 659. The highest BCUT2D eigenvalue weighted by Gasteiger charge is 2.19. The topological polar surface area (TPSA) is 61.3 Å². The van der Waals surface area contributed by atoms with E-state index >= 15 is 0 Å². The van der Waals surface area contributed by atoms with Gasteiger partial charge in [0.2, 0.25) is 5.28 Å². The van der Waals surface area contributed by atoms with Crippen molar-refractivity contribution >= 4 is 17.6 Å². The zero-order valence-corrected chi connectivity index (χ0v) is 12.1. The lowest BCUT2D eigenvalue weighted by molar-refractivity contribution is 0.0597. The highest BCUT2D eigenvalue weighted by Crippen LogP contribution is 2.34. The van der Waals surface area contributed by atoms with Crippen LogP contribution in [-0.2, 0) is 4.74 Å². The number of esters is 1. The third kappa shape index (κ3) is 2.58. The number of carbonyl (C=O) groups is 1. The molecule has 0 atom stereocenters. The first kappa shape index (κ1) is 14.3. The van der Waals surface area contributed by atoms with Crippen LogP contribution < -0.4 is 4.74 Å². The molecule has 1 aromatic heterocycles. The summed E-state index contributed by atoms with van der Waals surface area (Å²) in [6.45, 7) is 1.86. The summed E-state index contributed by atoms with van der Waals surface area (Å²) in [4.78, 5) is 19.9. The first-order chi connectivity index (χ1) is 9.58. The minimum Gasteiger partial charge on any atom is -0.495 e. The molecule has 20 heavy (non-hydrogen) atoms. The minimum absolute atomic E-state index is 0.135. The van der Waals surface area contributed by atoms with Crippen molar-refractivity contribution < 1.29 is 14.3 Å². The summed E-state index contributed by atoms with van der Waals surface area (Å²) in [5.74, 6) is -0.0706. The van der Waals surface area contributed by atoms with Gasteiger partial charge in [-0.1, -0.05) is 6.07 Å². The number of nitrogens with zero attached hydrogens (tertiary/aromatic N) is 2. The second kappa shape index (κ2) is 5.88. The smallest absolute Gasteiger partial charge is 0.341 e. The van der Waals surface area contributed by atoms with Crippen LogP contribution in [-0.4, -0.2) is 30.2 Å². The molecule has 2 rings (SSSR count). The van der Waals surface area contributed by atoms with Crippen molar-refractivity contribution in [1.82, 2.24) is 9.97 Å². The summed E-state index contributed by atoms with van der Waals surface area (Å²) in [5, 5.41) is 0.135. The zero-order chi connectivity index (χ0) is 14.7. The SMILES string of the molecule is COC(=O)c1cccc(-c2nc(Cl)ncc2C)c1OC. The maximum absolute atomic E-state index is 11.8. The average Bonchev–Trinajstić information content (AvgIpc) is 2.48. The highest BCUT2D eigenvalue weighted by molar-refractivity contribution is 6.28. The van der Waals surface area contributed by atoms with Crippen LogP contribution in [0.1, 0.15) is 15.9 Å². The average molecular weight is 293 g/mol. The molecule has 0 radical (unpaired) electrons. The van der Waals surface area contributed by atoms with E-state index in [9.17, 15) is 4.79 Å². The van der Waals surface area contributed by atoms with Gasteiger partial charge in [0, 0.05) is 11.8 Å². The summed E-state index contributed by atoms with van der Waals surface area (Å²) in [5.41, 5.74) is 2.45. The van der Waals surface area contributed by atoms with Crippen LogP contribution in [0.5, 0.6) is 5.75 Å². The van der Waals surface area contributed by atoms with E-state index in [1.165, 1.54) is 14.2 Å². The predicted molar refractivity (Wildman–Crippen MR) is 75.1 cm³/mol. The molecule has 0 saturated carbocycles. The lowest BCUT2D eigenvalue weighted by Gasteiger charge is -2.13. The Morgan fingerprint density at radius 1 is 1.30 bits per heavy atom. The fraction of sp³-hybridized carbons (Fsp3) is 0.214. The number of methoxy groups -OCH3 is 2. The van der Waals surface area contributed by atoms with Crippen molar-refractivity contribution in [3.8, 4) is 17.0 Å². The molecule has 0 bridgehead atoms. The molecule has 2 aromatic rings. The number of halogens is 1. The molecule has 6 heteroatoms. The van der Waals surface area contributed by atoms with Crippen molar-refractivity contribution in [3.05, 3.63) is 40.8 Å². The largest absolute Gasteiger partial charge is 0.495 e. The van der Waals surface area contributed by atoms with Gasteiger partial charge >= 0.3 is 5.97 Å². The van der Waals surface area contributed by atoms with Gasteiger partial charge in [0.05, 0.1) is 19.9 Å². The van der Waals surface area contributed by atoms with Crippen molar-refractivity contribution in [2.75, 3.05) is 14.2 Å². The van der Waals surface area contributed by atoms with Gasteiger partial charge in [0.1, 0.15) is 11.3 Å². The lowest BCUT2D eigenvalue weighted by atomic mass is 10.0. The quantitative estimate of drug-likeness (QED) is 0.643. The number of para-hydroxylation sites is 1. The molecule has 0 saturated heterocycles. The summed E-state index contributed by atoms with van der Waals surface area (Å²) in [6.07, 6.45) is 1.62. The van der Waals surface area contributed by atoms with Crippen molar-refractivity contribution in [3.63, 3.8) is 0 Å². The summed E-state index contributed by atoms with van der Waals surface area (Å²) in [6, 6.07) is 5.17.